The molecule has 1 heterocycles. The van der Waals surface area contributed by atoms with E-state index in [1.165, 1.54) is 4.90 Å². The highest BCUT2D eigenvalue weighted by atomic mass is 16.6. The van der Waals surface area contributed by atoms with Crippen LogP contribution in [0.2, 0.25) is 0 Å². The lowest BCUT2D eigenvalue weighted by Crippen LogP contribution is -2.64. The summed E-state index contributed by atoms with van der Waals surface area (Å²) < 4.78 is 21.3. The molecule has 0 bridgehead atoms. The van der Waals surface area contributed by atoms with E-state index >= 15 is 0 Å². The Hall–Kier alpha value is -3.18. The Morgan fingerprint density at radius 2 is 1.31 bits per heavy atom. The van der Waals surface area contributed by atoms with Gasteiger partial charge in [-0.15, -0.1) is 0 Å². The second kappa shape index (κ2) is 9.96. The van der Waals surface area contributed by atoms with E-state index < -0.39 is 65.6 Å². The topological polar surface area (TPSA) is 169 Å². The van der Waals surface area contributed by atoms with Gasteiger partial charge in [0.25, 0.3) is 5.91 Å². The molecule has 1 saturated carbocycles. The molecule has 2 N–H and O–H groups in total. The molecular formula is C20H28N2O10. The number of nitrogens with two attached hydrogens (primary N) is 1. The minimum absolute atomic E-state index is 0.194. The summed E-state index contributed by atoms with van der Waals surface area (Å²) in [4.78, 5) is 73.8. The highest BCUT2D eigenvalue weighted by Gasteiger charge is 2.59. The van der Waals surface area contributed by atoms with E-state index in [1.807, 2.05) is 0 Å². The van der Waals surface area contributed by atoms with E-state index in [9.17, 15) is 28.8 Å². The molecule has 2 fully saturated rings. The molecular weight excluding hydrogens is 428 g/mol. The number of likely N-dealkylation sites (tertiary alicyclic amines) is 1. The largest absolute Gasteiger partial charge is 0.458 e. The van der Waals surface area contributed by atoms with Gasteiger partial charge in [0.15, 0.2) is 11.7 Å². The van der Waals surface area contributed by atoms with Crippen LogP contribution in [-0.4, -0.2) is 77.1 Å². The molecule has 0 aromatic rings. The van der Waals surface area contributed by atoms with Crippen molar-refractivity contribution < 1.29 is 47.7 Å². The maximum absolute atomic E-state index is 13.6. The van der Waals surface area contributed by atoms with Crippen LogP contribution in [-0.2, 0) is 47.7 Å². The lowest BCUT2D eigenvalue weighted by Gasteiger charge is -2.46. The minimum atomic E-state index is -1.94. The monoisotopic (exact) mass is 456 g/mol. The summed E-state index contributed by atoms with van der Waals surface area (Å²) in [5.41, 5.74) is 3.48. The van der Waals surface area contributed by atoms with E-state index in [2.05, 4.69) is 0 Å². The van der Waals surface area contributed by atoms with Crippen LogP contribution >= 0.6 is 0 Å². The van der Waals surface area contributed by atoms with Crippen LogP contribution in [0.25, 0.3) is 0 Å². The molecule has 0 aromatic carbocycles. The smallest absolute Gasteiger partial charge is 0.303 e. The Labute approximate surface area is 184 Å². The minimum Gasteiger partial charge on any atom is -0.458 e. The van der Waals surface area contributed by atoms with Gasteiger partial charge in [-0.3, -0.25) is 28.8 Å². The molecule has 0 radical (unpaired) electrons. The predicted molar refractivity (Wildman–Crippen MR) is 104 cm³/mol. The summed E-state index contributed by atoms with van der Waals surface area (Å²) in [6.45, 7) is 4.62. The number of amides is 2. The third-order valence-corrected chi connectivity index (χ3v) is 5.30. The molecule has 178 valence electrons. The molecule has 3 atom stereocenters. The van der Waals surface area contributed by atoms with Crippen LogP contribution in [0.1, 0.15) is 53.4 Å². The number of primary amides is 1. The molecule has 2 aliphatic rings. The molecule has 2 amide bonds. The fourth-order valence-corrected chi connectivity index (χ4v) is 4.34. The first-order valence-corrected chi connectivity index (χ1v) is 10.2. The maximum atomic E-state index is 13.6. The van der Waals surface area contributed by atoms with Gasteiger partial charge in [0, 0.05) is 47.1 Å². The number of esters is 4. The summed E-state index contributed by atoms with van der Waals surface area (Å²) in [6.07, 6.45) is -3.67. The highest BCUT2D eigenvalue weighted by Crippen LogP contribution is 2.40. The molecule has 0 unspecified atom stereocenters. The Bertz CT molecular complexity index is 784. The van der Waals surface area contributed by atoms with Crippen molar-refractivity contribution in [3.05, 3.63) is 0 Å². The normalized spacial score (nSPS) is 29.6. The van der Waals surface area contributed by atoms with Crippen molar-refractivity contribution in [1.29, 1.82) is 0 Å². The number of hydrogen-bond donors (Lipinski definition) is 1. The van der Waals surface area contributed by atoms with Crippen LogP contribution in [0.15, 0.2) is 0 Å². The first-order valence-electron chi connectivity index (χ1n) is 10.2. The van der Waals surface area contributed by atoms with Gasteiger partial charge < -0.3 is 29.6 Å². The zero-order chi connectivity index (χ0) is 24.2. The summed E-state index contributed by atoms with van der Waals surface area (Å²) in [7, 11) is 0. The summed E-state index contributed by atoms with van der Waals surface area (Å²) in [5.74, 6) is -4.50. The van der Waals surface area contributed by atoms with Crippen molar-refractivity contribution in [2.24, 2.45) is 5.73 Å². The molecule has 32 heavy (non-hydrogen) atoms. The van der Waals surface area contributed by atoms with Gasteiger partial charge in [0.1, 0.15) is 18.2 Å². The number of nitrogens with zero attached hydrogens (tertiary/aromatic N) is 1. The average Bonchev–Trinajstić information content (AvgIpc) is 3.12. The van der Waals surface area contributed by atoms with Crippen molar-refractivity contribution in [1.82, 2.24) is 4.90 Å². The highest BCUT2D eigenvalue weighted by molar-refractivity contribution is 5.93. The number of ether oxygens (including phenoxy) is 4. The van der Waals surface area contributed by atoms with Gasteiger partial charge in [0.2, 0.25) is 5.91 Å². The van der Waals surface area contributed by atoms with Crippen molar-refractivity contribution in [2.45, 2.75) is 83.3 Å². The fraction of sp³-hybridized carbons (Fsp3) is 0.700. The third-order valence-electron chi connectivity index (χ3n) is 5.30. The predicted octanol–water partition coefficient (Wildman–Crippen LogP) is -0.646. The van der Waals surface area contributed by atoms with Gasteiger partial charge in [-0.05, 0) is 12.8 Å². The van der Waals surface area contributed by atoms with Crippen molar-refractivity contribution in [3.8, 4) is 0 Å². The van der Waals surface area contributed by atoms with Crippen LogP contribution in [0.3, 0.4) is 0 Å². The molecule has 1 saturated heterocycles. The van der Waals surface area contributed by atoms with E-state index in [4.69, 9.17) is 24.7 Å². The third kappa shape index (κ3) is 5.74. The maximum Gasteiger partial charge on any atom is 0.303 e. The lowest BCUT2D eigenvalue weighted by molar-refractivity contribution is -0.218. The van der Waals surface area contributed by atoms with Gasteiger partial charge in [0.05, 0.1) is 0 Å². The summed E-state index contributed by atoms with van der Waals surface area (Å²) >= 11 is 0. The fourth-order valence-electron chi connectivity index (χ4n) is 4.34. The van der Waals surface area contributed by atoms with E-state index in [0.717, 1.165) is 27.7 Å². The van der Waals surface area contributed by atoms with Crippen LogP contribution in [0.5, 0.6) is 0 Å². The molecule has 0 spiro atoms. The molecule has 1 aliphatic carbocycles. The molecule has 0 aromatic heterocycles. The van der Waals surface area contributed by atoms with Crippen molar-refractivity contribution >= 4 is 35.7 Å². The second-order valence-electron chi connectivity index (χ2n) is 7.92. The quantitative estimate of drug-likeness (QED) is 0.400. The van der Waals surface area contributed by atoms with E-state index in [-0.39, 0.29) is 19.4 Å². The number of rotatable bonds is 6. The first kappa shape index (κ1) is 25.1. The van der Waals surface area contributed by atoms with Gasteiger partial charge in [-0.25, -0.2) is 0 Å². The number of carbonyl (C=O) groups is 6. The molecule has 1 aliphatic heterocycles. The molecule has 12 nitrogen and oxygen atoms in total. The average molecular weight is 456 g/mol. The Morgan fingerprint density at radius 3 is 1.72 bits per heavy atom. The van der Waals surface area contributed by atoms with Gasteiger partial charge in [-0.2, -0.15) is 0 Å². The Morgan fingerprint density at radius 1 is 0.812 bits per heavy atom. The Kier molecular flexibility index (Phi) is 7.81. The standard InChI is InChI=1S/C20H28N2O10/c1-10(23)29-15-8-20(32-13(4)26,19(28)22-7-5-6-14(22)18(21)27)9-16(30-11(2)24)17(15)31-12(3)25/h14-17H,5-9H2,1-4H3,(H2,21,27)/t14-,15-,16-,17?,20?/m0/s1. The summed E-state index contributed by atoms with van der Waals surface area (Å²) in [5, 5.41) is 0. The second-order valence-corrected chi connectivity index (χ2v) is 7.92. The SMILES string of the molecule is CC(=O)OC1[C@@H](OC(C)=O)CC(OC(C)=O)(C(=O)N2CCC[C@H]2C(N)=O)C[C@@H]1OC(C)=O. The molecule has 12 heteroatoms. The first-order chi connectivity index (χ1) is 14.9. The van der Waals surface area contributed by atoms with E-state index in [1.54, 1.807) is 0 Å². The van der Waals surface area contributed by atoms with Gasteiger partial charge in [-0.1, -0.05) is 0 Å². The van der Waals surface area contributed by atoms with Crippen LogP contribution < -0.4 is 5.73 Å². The van der Waals surface area contributed by atoms with Gasteiger partial charge >= 0.3 is 23.9 Å². The number of hydrogen-bond acceptors (Lipinski definition) is 10. The van der Waals surface area contributed by atoms with Crippen LogP contribution in [0, 0.1) is 0 Å². The van der Waals surface area contributed by atoms with Crippen LogP contribution in [0.4, 0.5) is 0 Å². The zero-order valence-corrected chi connectivity index (χ0v) is 18.5. The zero-order valence-electron chi connectivity index (χ0n) is 18.5. The Balaban J connectivity index is 2.54. The lowest BCUT2D eigenvalue weighted by atomic mass is 9.77. The van der Waals surface area contributed by atoms with E-state index in [0.29, 0.717) is 12.8 Å². The summed E-state index contributed by atoms with van der Waals surface area (Å²) in [6, 6.07) is -0.902. The van der Waals surface area contributed by atoms with Crippen molar-refractivity contribution in [2.75, 3.05) is 6.54 Å². The van der Waals surface area contributed by atoms with Crippen molar-refractivity contribution in [3.63, 3.8) is 0 Å². The molecule has 2 rings (SSSR count). The number of carbonyl (C=O) groups excluding carboxylic acids is 6.